The van der Waals surface area contributed by atoms with Crippen molar-refractivity contribution in [2.75, 3.05) is 24.9 Å². The van der Waals surface area contributed by atoms with Crippen LogP contribution in [0, 0.1) is 10.1 Å². The van der Waals surface area contributed by atoms with Crippen molar-refractivity contribution in [3.8, 4) is 23.0 Å². The van der Waals surface area contributed by atoms with Crippen molar-refractivity contribution >= 4 is 22.8 Å². The zero-order valence-electron chi connectivity index (χ0n) is 22.7. The number of nitrogens with one attached hydrogen (secondary N) is 2. The van der Waals surface area contributed by atoms with E-state index in [-0.39, 0.29) is 30.0 Å². The summed E-state index contributed by atoms with van der Waals surface area (Å²) in [6.07, 6.45) is 0.746. The highest BCUT2D eigenvalue weighted by Gasteiger charge is 2.37. The molecule has 0 radical (unpaired) electrons. The van der Waals surface area contributed by atoms with Crippen LogP contribution in [0.2, 0.25) is 0 Å². The molecule has 2 atom stereocenters. The summed E-state index contributed by atoms with van der Waals surface area (Å²) in [5.74, 6) is 0.398. The molecule has 2 aliphatic rings. The van der Waals surface area contributed by atoms with E-state index in [1.165, 1.54) is 19.2 Å². The van der Waals surface area contributed by atoms with Crippen LogP contribution in [0.4, 0.5) is 17.1 Å². The number of phenols is 1. The number of allylic oxidation sites excluding steroid dienone is 1. The first-order valence-electron chi connectivity index (χ1n) is 13.0. The van der Waals surface area contributed by atoms with Crippen LogP contribution < -0.4 is 24.8 Å². The summed E-state index contributed by atoms with van der Waals surface area (Å²) >= 11 is 0. The summed E-state index contributed by atoms with van der Waals surface area (Å²) in [5.41, 5.74) is 3.60. The van der Waals surface area contributed by atoms with Gasteiger partial charge in [-0.05, 0) is 67.6 Å². The first-order chi connectivity index (χ1) is 19.2. The van der Waals surface area contributed by atoms with Crippen molar-refractivity contribution in [2.24, 2.45) is 0 Å². The van der Waals surface area contributed by atoms with Gasteiger partial charge in [0.1, 0.15) is 0 Å². The Balaban J connectivity index is 1.60. The molecule has 0 aromatic heterocycles. The number of benzene rings is 3. The lowest BCUT2D eigenvalue weighted by Gasteiger charge is -2.30. The molecule has 3 aromatic carbocycles. The number of hydrogen-bond acceptors (Lipinski definition) is 9. The Labute approximate surface area is 231 Å². The molecule has 10 heteroatoms. The minimum Gasteiger partial charge on any atom is -0.500 e. The molecule has 3 aromatic rings. The van der Waals surface area contributed by atoms with E-state index in [0.29, 0.717) is 29.1 Å². The fourth-order valence-corrected chi connectivity index (χ4v) is 5.34. The number of ether oxygens (including phenoxy) is 3. The predicted molar refractivity (Wildman–Crippen MR) is 151 cm³/mol. The molecular formula is C30H31N3O7. The van der Waals surface area contributed by atoms with Crippen LogP contribution in [0.5, 0.6) is 23.0 Å². The Morgan fingerprint density at radius 1 is 0.950 bits per heavy atom. The van der Waals surface area contributed by atoms with Crippen molar-refractivity contribution in [1.29, 1.82) is 0 Å². The lowest BCUT2D eigenvalue weighted by molar-refractivity contribution is -0.386. The molecule has 0 saturated carbocycles. The lowest BCUT2D eigenvalue weighted by atomic mass is 9.78. The molecule has 5 rings (SSSR count). The Hall–Kier alpha value is -4.73. The number of rotatable bonds is 7. The second kappa shape index (κ2) is 10.8. The van der Waals surface area contributed by atoms with Crippen molar-refractivity contribution in [2.45, 2.75) is 44.8 Å². The van der Waals surface area contributed by atoms with Gasteiger partial charge in [-0.25, -0.2) is 0 Å². The molecule has 1 aliphatic carbocycles. The van der Waals surface area contributed by atoms with Crippen molar-refractivity contribution in [3.63, 3.8) is 0 Å². The third-order valence-electron chi connectivity index (χ3n) is 7.16. The number of carbonyl (C=O) groups is 1. The minimum atomic E-state index is -0.718. The first-order valence-corrected chi connectivity index (χ1v) is 13.0. The Morgan fingerprint density at radius 3 is 2.33 bits per heavy atom. The Bertz CT molecular complexity index is 1520. The third-order valence-corrected chi connectivity index (χ3v) is 7.16. The van der Waals surface area contributed by atoms with Crippen LogP contribution in [-0.4, -0.2) is 36.1 Å². The van der Waals surface area contributed by atoms with Crippen LogP contribution in [0.1, 0.15) is 49.8 Å². The van der Waals surface area contributed by atoms with Gasteiger partial charge in [0, 0.05) is 23.8 Å². The number of nitro benzene ring substituents is 1. The number of phenolic OH excluding ortho intramolecular Hbond substituents is 1. The summed E-state index contributed by atoms with van der Waals surface area (Å²) in [6, 6.07) is 15.4. The number of nitrogens with zero attached hydrogens (tertiary/aromatic N) is 1. The highest BCUT2D eigenvalue weighted by Crippen LogP contribution is 2.47. The van der Waals surface area contributed by atoms with Crippen LogP contribution in [0.3, 0.4) is 0 Å². The first kappa shape index (κ1) is 26.9. The Kier molecular flexibility index (Phi) is 7.25. The van der Waals surface area contributed by atoms with Crippen molar-refractivity contribution in [3.05, 3.63) is 87.1 Å². The predicted octanol–water partition coefficient (Wildman–Crippen LogP) is 6.08. The maximum atomic E-state index is 13.9. The van der Waals surface area contributed by atoms with Crippen LogP contribution >= 0.6 is 0 Å². The number of anilines is 2. The van der Waals surface area contributed by atoms with Gasteiger partial charge < -0.3 is 30.0 Å². The molecule has 208 valence electrons. The van der Waals surface area contributed by atoms with Crippen molar-refractivity contribution < 1.29 is 29.0 Å². The topological polar surface area (TPSA) is 132 Å². The molecule has 3 N–H and O–H groups in total. The summed E-state index contributed by atoms with van der Waals surface area (Å²) in [5, 5.41) is 28.9. The lowest BCUT2D eigenvalue weighted by Crippen LogP contribution is -2.27. The standard InChI is InChI=1S/C30H31N3O7/c1-16(2)40-25-10-9-17(14-26(25)38-3)18-11-22-28(24(34)13-18)29(32-21-8-6-5-7-20(21)31-22)19-12-23(33(36)37)30(35)27(15-19)39-4/h5-10,12,14-16,18,29,31-32,35H,11,13H2,1-4H3. The maximum Gasteiger partial charge on any atom is 0.315 e. The van der Waals surface area contributed by atoms with Gasteiger partial charge in [0.25, 0.3) is 0 Å². The van der Waals surface area contributed by atoms with E-state index >= 15 is 0 Å². The van der Waals surface area contributed by atoms with Gasteiger partial charge in [-0.1, -0.05) is 18.2 Å². The summed E-state index contributed by atoms with van der Waals surface area (Å²) in [6.45, 7) is 3.89. The number of fused-ring (bicyclic) bond motifs is 1. The molecule has 1 aliphatic heterocycles. The van der Waals surface area contributed by atoms with Gasteiger partial charge in [0.2, 0.25) is 5.75 Å². The van der Waals surface area contributed by atoms with Gasteiger partial charge in [0.15, 0.2) is 23.0 Å². The highest BCUT2D eigenvalue weighted by molar-refractivity contribution is 6.01. The smallest absolute Gasteiger partial charge is 0.315 e. The van der Waals surface area contributed by atoms with E-state index in [0.717, 1.165) is 22.6 Å². The van der Waals surface area contributed by atoms with E-state index in [9.17, 15) is 20.0 Å². The summed E-state index contributed by atoms with van der Waals surface area (Å²) in [7, 11) is 2.91. The van der Waals surface area contributed by atoms with Crippen LogP contribution in [0.25, 0.3) is 0 Å². The van der Waals surface area contributed by atoms with Crippen LogP contribution in [-0.2, 0) is 4.79 Å². The molecule has 0 bridgehead atoms. The van der Waals surface area contributed by atoms with E-state index in [2.05, 4.69) is 10.6 Å². The molecule has 0 fully saturated rings. The summed E-state index contributed by atoms with van der Waals surface area (Å²) < 4.78 is 16.7. The molecular weight excluding hydrogens is 514 g/mol. The Morgan fingerprint density at radius 2 is 1.65 bits per heavy atom. The number of hydrogen-bond donors (Lipinski definition) is 3. The zero-order chi connectivity index (χ0) is 28.6. The number of carbonyl (C=O) groups excluding carboxylic acids is 1. The number of methoxy groups -OCH3 is 2. The monoisotopic (exact) mass is 545 g/mol. The second-order valence-electron chi connectivity index (χ2n) is 10.1. The average Bonchev–Trinajstić information content (AvgIpc) is 3.10. The normalized spacial score (nSPS) is 18.2. The van der Waals surface area contributed by atoms with E-state index < -0.39 is 22.4 Å². The average molecular weight is 546 g/mol. The molecule has 40 heavy (non-hydrogen) atoms. The number of ketones is 1. The van der Waals surface area contributed by atoms with Gasteiger partial charge in [0.05, 0.1) is 42.7 Å². The van der Waals surface area contributed by atoms with Gasteiger partial charge in [-0.2, -0.15) is 0 Å². The fourth-order valence-electron chi connectivity index (χ4n) is 5.34. The number of Topliss-reactive ketones (excluding diaryl/α,β-unsaturated/α-hetero) is 1. The molecule has 0 amide bonds. The number of para-hydroxylation sites is 2. The van der Waals surface area contributed by atoms with E-state index in [4.69, 9.17) is 14.2 Å². The van der Waals surface area contributed by atoms with Crippen LogP contribution in [0.15, 0.2) is 65.9 Å². The van der Waals surface area contributed by atoms with Gasteiger partial charge >= 0.3 is 5.69 Å². The number of nitro groups is 1. The second-order valence-corrected chi connectivity index (χ2v) is 10.1. The molecule has 1 heterocycles. The number of aromatic hydroxyl groups is 1. The third kappa shape index (κ3) is 5.00. The minimum absolute atomic E-state index is 0.0160. The van der Waals surface area contributed by atoms with Gasteiger partial charge in [-0.15, -0.1) is 0 Å². The van der Waals surface area contributed by atoms with E-state index in [1.807, 2.05) is 56.3 Å². The highest BCUT2D eigenvalue weighted by atomic mass is 16.6. The maximum absolute atomic E-state index is 13.9. The molecule has 2 unspecified atom stereocenters. The van der Waals surface area contributed by atoms with Crippen molar-refractivity contribution in [1.82, 2.24) is 0 Å². The fraction of sp³-hybridized carbons (Fsp3) is 0.300. The van der Waals surface area contributed by atoms with Gasteiger partial charge in [-0.3, -0.25) is 14.9 Å². The zero-order valence-corrected chi connectivity index (χ0v) is 22.7. The molecule has 10 nitrogen and oxygen atoms in total. The quantitative estimate of drug-likeness (QED) is 0.238. The largest absolute Gasteiger partial charge is 0.500 e. The SMILES string of the molecule is COc1cc(C2CC(=O)C3=C(C2)Nc2ccccc2NC3c2cc(OC)c(O)c([N+](=O)[O-])c2)ccc1OC(C)C. The molecule has 0 saturated heterocycles. The summed E-state index contributed by atoms with van der Waals surface area (Å²) in [4.78, 5) is 25.0. The molecule has 0 spiro atoms. The van der Waals surface area contributed by atoms with E-state index in [1.54, 1.807) is 7.11 Å².